The van der Waals surface area contributed by atoms with Crippen LogP contribution >= 0.6 is 37.2 Å². The molecule has 0 aromatic heterocycles. The minimum absolute atomic E-state index is 0.645. The zero-order valence-electron chi connectivity index (χ0n) is 44.0. The second kappa shape index (κ2) is 27.6. The van der Waals surface area contributed by atoms with Crippen LogP contribution in [-0.2, 0) is 25.7 Å². The maximum Gasteiger partial charge on any atom is 0.129 e. The highest BCUT2D eigenvalue weighted by atomic mass is 128. The number of hydrogen-bond acceptors (Lipinski definition) is 12. The largest absolute Gasteiger partial charge is 0.496 e. The molecule has 0 aliphatic carbocycles. The second-order valence-corrected chi connectivity index (χ2v) is 16.6. The molecule has 0 bridgehead atoms. The summed E-state index contributed by atoms with van der Waals surface area (Å²) in [4.78, 5) is 0. The fourth-order valence-electron chi connectivity index (χ4n) is 9.23. The molecule has 14 heteroatoms. The Labute approximate surface area is 458 Å². The summed E-state index contributed by atoms with van der Waals surface area (Å²) in [6, 6.07) is 40.6. The summed E-state index contributed by atoms with van der Waals surface area (Å²) >= 11 is 4.24. The van der Waals surface area contributed by atoms with Crippen molar-refractivity contribution < 1.29 is 56.8 Å². The number of halogens is 2. The summed E-state index contributed by atoms with van der Waals surface area (Å²) in [6.07, 6.45) is 2.58. The van der Waals surface area contributed by atoms with E-state index in [-0.39, 0.29) is 0 Å². The van der Waals surface area contributed by atoms with Gasteiger partial charge in [-0.25, -0.2) is 0 Å². The number of ether oxygens (including phenoxy) is 12. The average molecular weight is 1230 g/mol. The van der Waals surface area contributed by atoms with Crippen LogP contribution in [-0.4, -0.2) is 85.3 Å². The van der Waals surface area contributed by atoms with Gasteiger partial charge in [-0.3, -0.25) is 0 Å². The lowest BCUT2D eigenvalue weighted by Gasteiger charge is -2.18. The number of rotatable bonds is 20. The topological polar surface area (TPSA) is 111 Å². The van der Waals surface area contributed by atoms with Crippen molar-refractivity contribution >= 4 is 58.8 Å². The van der Waals surface area contributed by atoms with Gasteiger partial charge in [0.15, 0.2) is 0 Å². The molecule has 0 fully saturated rings. The molecule has 0 spiro atoms. The molecule has 0 atom stereocenters. The smallest absolute Gasteiger partial charge is 0.129 e. The van der Waals surface area contributed by atoms with Crippen molar-refractivity contribution in [1.82, 2.24) is 0 Å². The molecule has 0 aliphatic rings. The molecular formula is C60H64I2O12. The summed E-state index contributed by atoms with van der Waals surface area (Å²) in [7, 11) is 19.8. The van der Waals surface area contributed by atoms with Crippen LogP contribution in [0.5, 0.6) is 69.0 Å². The van der Waals surface area contributed by atoms with E-state index < -0.39 is 0 Å². The molecule has 0 radical (unpaired) electrons. The van der Waals surface area contributed by atoms with Crippen molar-refractivity contribution in [3.63, 3.8) is 0 Å². The van der Waals surface area contributed by atoms with E-state index in [4.69, 9.17) is 56.8 Å². The van der Waals surface area contributed by atoms with E-state index in [1.165, 1.54) is 43.8 Å². The normalized spacial score (nSPS) is 10.5. The Hall–Kier alpha value is -6.66. The molecule has 12 nitrogen and oxygen atoms in total. The van der Waals surface area contributed by atoms with E-state index in [1.54, 1.807) is 85.3 Å². The fraction of sp³-hybridized carbons (Fsp3) is 0.267. The molecule has 0 N–H and O–H groups in total. The standard InChI is InChI=1S/2C30H32O6.I2/c2*1-31-21-15-27(33-3)25(28(16-21)34-4)13-19-11-12-20(24-10-8-7-9-23(19)24)14-26-29(35-5)17-22(32-2)18-30(26)36-6;1-2/h2*7-12,15-18H,13-14H2,1-6H3;. The first-order valence-corrected chi connectivity index (χ1v) is 29.7. The van der Waals surface area contributed by atoms with E-state index in [0.29, 0.717) is 48.7 Å². The van der Waals surface area contributed by atoms with Crippen LogP contribution in [0.2, 0.25) is 0 Å². The van der Waals surface area contributed by atoms with Gasteiger partial charge in [-0.05, 0) is 43.8 Å². The molecule has 8 aromatic rings. The Bertz CT molecular complexity index is 2640. The third-order valence-corrected chi connectivity index (χ3v) is 12.9. The summed E-state index contributed by atoms with van der Waals surface area (Å²) < 4.78 is 67.2. The quantitative estimate of drug-likeness (QED) is 0.0678. The SMILES string of the molecule is COc1cc(OC)c(Cc2ccc(Cc3c(OC)cc(OC)cc3OC)c3ccccc23)c(OC)c1.COc1cc(OC)c(Cc2ccc(Cc3c(OC)cc(OC)cc3OC)c3ccccc23)c(OC)c1.II. The first-order chi connectivity index (χ1) is 36.1. The van der Waals surface area contributed by atoms with Gasteiger partial charge >= 0.3 is 0 Å². The van der Waals surface area contributed by atoms with Crippen LogP contribution in [0.3, 0.4) is 0 Å². The van der Waals surface area contributed by atoms with E-state index in [9.17, 15) is 0 Å². The van der Waals surface area contributed by atoms with E-state index in [2.05, 4.69) is 110 Å². The van der Waals surface area contributed by atoms with Gasteiger partial charge in [-0.2, -0.15) is 0 Å². The van der Waals surface area contributed by atoms with Gasteiger partial charge in [-0.1, -0.05) is 72.8 Å². The van der Waals surface area contributed by atoms with E-state index in [0.717, 1.165) is 68.2 Å². The molecule has 0 heterocycles. The zero-order chi connectivity index (χ0) is 53.3. The molecule has 0 saturated carbocycles. The lowest BCUT2D eigenvalue weighted by molar-refractivity contribution is 0.369. The number of methoxy groups -OCH3 is 12. The predicted molar refractivity (Wildman–Crippen MR) is 312 cm³/mol. The highest BCUT2D eigenvalue weighted by molar-refractivity contribution is 15.0. The van der Waals surface area contributed by atoms with Crippen molar-refractivity contribution in [2.45, 2.75) is 25.7 Å². The summed E-state index contributed by atoms with van der Waals surface area (Å²) in [5.41, 5.74) is 8.56. The van der Waals surface area contributed by atoms with Crippen LogP contribution in [0.4, 0.5) is 0 Å². The van der Waals surface area contributed by atoms with Crippen molar-refractivity contribution in [3.8, 4) is 69.0 Å². The molecule has 8 rings (SSSR count). The highest BCUT2D eigenvalue weighted by Gasteiger charge is 2.21. The summed E-state index contributed by atoms with van der Waals surface area (Å²) in [5.74, 6) is 8.59. The van der Waals surface area contributed by atoms with Gasteiger partial charge in [-0.15, -0.1) is 0 Å². The lowest BCUT2D eigenvalue weighted by Crippen LogP contribution is -2.02. The summed E-state index contributed by atoms with van der Waals surface area (Å²) in [6.45, 7) is 0. The molecule has 0 unspecified atom stereocenters. The van der Waals surface area contributed by atoms with E-state index >= 15 is 0 Å². The van der Waals surface area contributed by atoms with Gasteiger partial charge < -0.3 is 56.8 Å². The van der Waals surface area contributed by atoms with Crippen LogP contribution < -0.4 is 56.8 Å². The Kier molecular flexibility index (Phi) is 21.1. The van der Waals surface area contributed by atoms with Crippen molar-refractivity contribution in [1.29, 1.82) is 0 Å². The minimum atomic E-state index is 0.645. The summed E-state index contributed by atoms with van der Waals surface area (Å²) in [5, 5.41) is 4.67. The van der Waals surface area contributed by atoms with Crippen molar-refractivity contribution in [2.75, 3.05) is 85.3 Å². The van der Waals surface area contributed by atoms with Gasteiger partial charge in [0, 0.05) is 134 Å². The molecule has 0 aliphatic heterocycles. The third-order valence-electron chi connectivity index (χ3n) is 12.9. The first-order valence-electron chi connectivity index (χ1n) is 23.4. The maximum atomic E-state index is 5.69. The Morgan fingerprint density at radius 1 is 0.243 bits per heavy atom. The molecule has 390 valence electrons. The molecule has 8 aromatic carbocycles. The third kappa shape index (κ3) is 12.8. The Balaban J connectivity index is 0.000000233. The molecule has 0 saturated heterocycles. The number of benzene rings is 8. The number of fused-ring (bicyclic) bond motifs is 2. The monoisotopic (exact) mass is 1230 g/mol. The zero-order valence-corrected chi connectivity index (χ0v) is 48.3. The predicted octanol–water partition coefficient (Wildman–Crippen LogP) is 13.9. The number of hydrogen-bond donors (Lipinski definition) is 0. The van der Waals surface area contributed by atoms with Gasteiger partial charge in [0.25, 0.3) is 0 Å². The minimum Gasteiger partial charge on any atom is -0.496 e. The van der Waals surface area contributed by atoms with Crippen LogP contribution in [0, 0.1) is 0 Å². The Morgan fingerprint density at radius 3 is 0.541 bits per heavy atom. The molecular weight excluding hydrogens is 1170 g/mol. The van der Waals surface area contributed by atoms with Crippen LogP contribution in [0.1, 0.15) is 44.5 Å². The molecule has 0 amide bonds. The van der Waals surface area contributed by atoms with Crippen molar-refractivity contribution in [3.05, 3.63) is 166 Å². The van der Waals surface area contributed by atoms with Crippen LogP contribution in [0.15, 0.2) is 121 Å². The van der Waals surface area contributed by atoms with Crippen molar-refractivity contribution in [2.24, 2.45) is 0 Å². The van der Waals surface area contributed by atoms with Gasteiger partial charge in [0.2, 0.25) is 0 Å². The maximum absolute atomic E-state index is 5.69. The fourth-order valence-corrected chi connectivity index (χ4v) is 9.23. The molecule has 74 heavy (non-hydrogen) atoms. The first kappa shape index (κ1) is 56.6. The Morgan fingerprint density at radius 2 is 0.405 bits per heavy atom. The van der Waals surface area contributed by atoms with Gasteiger partial charge in [0.1, 0.15) is 69.0 Å². The van der Waals surface area contributed by atoms with Gasteiger partial charge in [0.05, 0.1) is 85.3 Å². The highest BCUT2D eigenvalue weighted by Crippen LogP contribution is 2.42. The van der Waals surface area contributed by atoms with E-state index in [1.807, 2.05) is 48.5 Å². The average Bonchev–Trinajstić information content (AvgIpc) is 3.46. The second-order valence-electron chi connectivity index (χ2n) is 16.6. The lowest BCUT2D eigenvalue weighted by atomic mass is 9.91. The van der Waals surface area contributed by atoms with Crippen LogP contribution in [0.25, 0.3) is 21.5 Å².